The van der Waals surface area contributed by atoms with Gasteiger partial charge in [-0.2, -0.15) is 0 Å². The van der Waals surface area contributed by atoms with Gasteiger partial charge in [-0.1, -0.05) is 12.1 Å². The minimum absolute atomic E-state index is 0.0136. The zero-order valence-electron chi connectivity index (χ0n) is 17.5. The zero-order chi connectivity index (χ0) is 21.5. The van der Waals surface area contributed by atoms with E-state index < -0.39 is 0 Å². The highest BCUT2D eigenvalue weighted by Crippen LogP contribution is 2.19. The number of imidazole rings is 1. The predicted octanol–water partition coefficient (Wildman–Crippen LogP) is 1.81. The fourth-order valence-corrected chi connectivity index (χ4v) is 3.56. The first-order valence-electron chi connectivity index (χ1n) is 10.2. The number of amides is 2. The Morgan fingerprint density at radius 1 is 1.17 bits per heavy atom. The lowest BCUT2D eigenvalue weighted by Crippen LogP contribution is -2.45. The molecular formula is C22H28N4O4. The standard InChI is InChI=1S/C22H28N4O4/c1-3-30-22(29)19-8-11-26(12-9-19)20(27)15-24(2)21(28)18-6-4-17(5-7-18)14-25-13-10-23-16-25/h4-7,10,13,16,19H,3,8-9,11-12,14-15H2,1-2H3. The summed E-state index contributed by atoms with van der Waals surface area (Å²) in [5.41, 5.74) is 1.61. The number of likely N-dealkylation sites (tertiary alicyclic amines) is 1. The van der Waals surface area contributed by atoms with Gasteiger partial charge in [-0.15, -0.1) is 0 Å². The van der Waals surface area contributed by atoms with Gasteiger partial charge in [-0.25, -0.2) is 4.98 Å². The smallest absolute Gasteiger partial charge is 0.309 e. The van der Waals surface area contributed by atoms with Gasteiger partial charge in [0.05, 0.1) is 25.4 Å². The van der Waals surface area contributed by atoms with Crippen molar-refractivity contribution in [3.05, 3.63) is 54.1 Å². The first-order chi connectivity index (χ1) is 14.5. The summed E-state index contributed by atoms with van der Waals surface area (Å²) in [6, 6.07) is 7.37. The normalized spacial score (nSPS) is 14.4. The van der Waals surface area contributed by atoms with E-state index in [0.29, 0.717) is 44.6 Å². The Balaban J connectivity index is 1.49. The fraction of sp³-hybridized carbons (Fsp3) is 0.455. The quantitative estimate of drug-likeness (QED) is 0.648. The Hall–Kier alpha value is -3.16. The molecule has 0 aliphatic carbocycles. The monoisotopic (exact) mass is 412 g/mol. The molecular weight excluding hydrogens is 384 g/mol. The Morgan fingerprint density at radius 3 is 2.47 bits per heavy atom. The number of rotatable bonds is 7. The van der Waals surface area contributed by atoms with E-state index in [2.05, 4.69) is 4.98 Å². The summed E-state index contributed by atoms with van der Waals surface area (Å²) in [4.78, 5) is 44.3. The predicted molar refractivity (Wildman–Crippen MR) is 111 cm³/mol. The fourth-order valence-electron chi connectivity index (χ4n) is 3.56. The molecule has 1 aromatic carbocycles. The third-order valence-electron chi connectivity index (χ3n) is 5.31. The second-order valence-corrected chi connectivity index (χ2v) is 7.50. The molecule has 1 aliphatic heterocycles. The molecule has 2 heterocycles. The second-order valence-electron chi connectivity index (χ2n) is 7.50. The number of carbonyl (C=O) groups excluding carboxylic acids is 3. The minimum Gasteiger partial charge on any atom is -0.466 e. The molecule has 0 radical (unpaired) electrons. The van der Waals surface area contributed by atoms with E-state index in [1.165, 1.54) is 4.90 Å². The summed E-state index contributed by atoms with van der Waals surface area (Å²) in [5.74, 6) is -0.633. The zero-order valence-corrected chi connectivity index (χ0v) is 17.5. The van der Waals surface area contributed by atoms with E-state index in [4.69, 9.17) is 4.74 Å². The molecule has 0 spiro atoms. The van der Waals surface area contributed by atoms with Crippen molar-refractivity contribution in [2.45, 2.75) is 26.3 Å². The number of benzene rings is 1. The lowest BCUT2D eigenvalue weighted by Gasteiger charge is -2.32. The Kier molecular flexibility index (Phi) is 7.21. The maximum absolute atomic E-state index is 12.7. The number of piperidine rings is 1. The van der Waals surface area contributed by atoms with E-state index in [1.54, 1.807) is 43.5 Å². The van der Waals surface area contributed by atoms with Gasteiger partial charge in [0.15, 0.2) is 0 Å². The average Bonchev–Trinajstić information content (AvgIpc) is 3.27. The first kappa shape index (κ1) is 21.5. The largest absolute Gasteiger partial charge is 0.466 e. The molecule has 0 unspecified atom stereocenters. The number of nitrogens with zero attached hydrogens (tertiary/aromatic N) is 4. The summed E-state index contributed by atoms with van der Waals surface area (Å²) >= 11 is 0. The molecule has 3 rings (SSSR count). The van der Waals surface area contributed by atoms with Crippen LogP contribution in [0.3, 0.4) is 0 Å². The number of hydrogen-bond acceptors (Lipinski definition) is 5. The molecule has 30 heavy (non-hydrogen) atoms. The molecule has 0 atom stereocenters. The van der Waals surface area contributed by atoms with Crippen LogP contribution in [0.1, 0.15) is 35.7 Å². The van der Waals surface area contributed by atoms with Crippen molar-refractivity contribution in [1.29, 1.82) is 0 Å². The summed E-state index contributed by atoms with van der Waals surface area (Å²) in [5, 5.41) is 0. The second kappa shape index (κ2) is 10.0. The molecule has 2 aromatic rings. The van der Waals surface area contributed by atoms with Crippen molar-refractivity contribution >= 4 is 17.8 Å². The molecule has 0 saturated carbocycles. The summed E-state index contributed by atoms with van der Waals surface area (Å²) in [6.45, 7) is 3.87. The molecule has 160 valence electrons. The summed E-state index contributed by atoms with van der Waals surface area (Å²) in [7, 11) is 1.63. The van der Waals surface area contributed by atoms with E-state index in [1.807, 2.05) is 22.9 Å². The number of aromatic nitrogens is 2. The molecule has 1 aromatic heterocycles. The van der Waals surface area contributed by atoms with Gasteiger partial charge < -0.3 is 19.1 Å². The van der Waals surface area contributed by atoms with Crippen molar-refractivity contribution in [2.75, 3.05) is 33.3 Å². The Morgan fingerprint density at radius 2 is 1.87 bits per heavy atom. The third kappa shape index (κ3) is 5.46. The highest BCUT2D eigenvalue weighted by Gasteiger charge is 2.29. The highest BCUT2D eigenvalue weighted by atomic mass is 16.5. The van der Waals surface area contributed by atoms with Crippen molar-refractivity contribution in [3.8, 4) is 0 Å². The first-order valence-corrected chi connectivity index (χ1v) is 10.2. The molecule has 1 saturated heterocycles. The lowest BCUT2D eigenvalue weighted by atomic mass is 9.97. The van der Waals surface area contributed by atoms with Crippen LogP contribution < -0.4 is 0 Å². The average molecular weight is 412 g/mol. The molecule has 1 fully saturated rings. The third-order valence-corrected chi connectivity index (χ3v) is 5.31. The topological polar surface area (TPSA) is 84.7 Å². The van der Waals surface area contributed by atoms with Gasteiger partial charge in [-0.3, -0.25) is 14.4 Å². The van der Waals surface area contributed by atoms with Crippen molar-refractivity contribution in [1.82, 2.24) is 19.4 Å². The van der Waals surface area contributed by atoms with Gasteiger partial charge in [0.1, 0.15) is 0 Å². The van der Waals surface area contributed by atoms with Gasteiger partial charge in [0.2, 0.25) is 5.91 Å². The van der Waals surface area contributed by atoms with Gasteiger partial charge in [0, 0.05) is 44.6 Å². The number of esters is 1. The van der Waals surface area contributed by atoms with Crippen LogP contribution in [0.15, 0.2) is 43.0 Å². The number of hydrogen-bond donors (Lipinski definition) is 0. The van der Waals surface area contributed by atoms with Crippen LogP contribution in [0.25, 0.3) is 0 Å². The number of carbonyl (C=O) groups is 3. The van der Waals surface area contributed by atoms with Crippen LogP contribution >= 0.6 is 0 Å². The van der Waals surface area contributed by atoms with E-state index in [9.17, 15) is 14.4 Å². The van der Waals surface area contributed by atoms with E-state index in [0.717, 1.165) is 5.56 Å². The molecule has 8 heteroatoms. The Bertz CT molecular complexity index is 856. The van der Waals surface area contributed by atoms with Crippen molar-refractivity contribution in [3.63, 3.8) is 0 Å². The van der Waals surface area contributed by atoms with E-state index >= 15 is 0 Å². The molecule has 1 aliphatic rings. The van der Waals surface area contributed by atoms with Gasteiger partial charge >= 0.3 is 5.97 Å². The Labute approximate surface area is 176 Å². The van der Waals surface area contributed by atoms with Crippen LogP contribution in [0.2, 0.25) is 0 Å². The molecule has 0 N–H and O–H groups in total. The van der Waals surface area contributed by atoms with Crippen LogP contribution in [-0.4, -0.2) is 70.4 Å². The summed E-state index contributed by atoms with van der Waals surface area (Å²) in [6.07, 6.45) is 6.55. The van der Waals surface area contributed by atoms with Crippen molar-refractivity contribution < 1.29 is 19.1 Å². The molecule has 2 amide bonds. The number of likely N-dealkylation sites (N-methyl/N-ethyl adjacent to an activating group) is 1. The van der Waals surface area contributed by atoms with Crippen LogP contribution in [-0.2, 0) is 20.9 Å². The maximum Gasteiger partial charge on any atom is 0.309 e. The molecule has 0 bridgehead atoms. The highest BCUT2D eigenvalue weighted by molar-refractivity contribution is 5.96. The SMILES string of the molecule is CCOC(=O)C1CCN(C(=O)CN(C)C(=O)c2ccc(Cn3ccnc3)cc2)CC1. The maximum atomic E-state index is 12.7. The van der Waals surface area contributed by atoms with Gasteiger partial charge in [0.25, 0.3) is 5.91 Å². The van der Waals surface area contributed by atoms with Crippen molar-refractivity contribution in [2.24, 2.45) is 5.92 Å². The molecule has 8 nitrogen and oxygen atoms in total. The van der Waals surface area contributed by atoms with Crippen LogP contribution in [0.5, 0.6) is 0 Å². The van der Waals surface area contributed by atoms with E-state index in [-0.39, 0.29) is 30.2 Å². The van der Waals surface area contributed by atoms with Crippen LogP contribution in [0, 0.1) is 5.92 Å². The van der Waals surface area contributed by atoms with Crippen LogP contribution in [0.4, 0.5) is 0 Å². The lowest BCUT2D eigenvalue weighted by molar-refractivity contribution is -0.151. The minimum atomic E-state index is -0.195. The number of ether oxygens (including phenoxy) is 1. The van der Waals surface area contributed by atoms with Gasteiger partial charge in [-0.05, 0) is 37.5 Å². The summed E-state index contributed by atoms with van der Waals surface area (Å²) < 4.78 is 7.01.